The lowest BCUT2D eigenvalue weighted by Crippen LogP contribution is -2.25. The van der Waals surface area contributed by atoms with Gasteiger partial charge in [0.1, 0.15) is 22.9 Å². The Kier molecular flexibility index (Phi) is 9.23. The third kappa shape index (κ3) is 6.95. The van der Waals surface area contributed by atoms with Crippen LogP contribution in [0.4, 0.5) is 30.7 Å². The molecule has 1 aliphatic rings. The van der Waals surface area contributed by atoms with Crippen LogP contribution in [0.25, 0.3) is 11.1 Å². The average Bonchev–Trinajstić information content (AvgIpc) is 3.12. The fourth-order valence-electron chi connectivity index (χ4n) is 5.44. The highest BCUT2D eigenvalue weighted by Gasteiger charge is 2.41. The number of unbranched alkanes of at least 4 members (excludes halogenated alkanes) is 2. The molecule has 0 saturated heterocycles. The first-order valence-corrected chi connectivity index (χ1v) is 13.4. The lowest BCUT2D eigenvalue weighted by atomic mass is 9.89. The van der Waals surface area contributed by atoms with E-state index in [4.69, 9.17) is 0 Å². The van der Waals surface area contributed by atoms with Crippen LogP contribution < -0.4 is 4.74 Å². The number of rotatable bonds is 9. The van der Waals surface area contributed by atoms with Gasteiger partial charge in [0.2, 0.25) is 0 Å². The highest BCUT2D eigenvalue weighted by atomic mass is 19.3. The Morgan fingerprint density at radius 1 is 0.744 bits per heavy atom. The summed E-state index contributed by atoms with van der Waals surface area (Å²) in [6, 6.07) is 9.09. The van der Waals surface area contributed by atoms with Crippen LogP contribution in [-0.4, -0.2) is 0 Å². The Hall–Kier alpha value is -3.03. The normalized spacial score (nSPS) is 18.2. The van der Waals surface area contributed by atoms with E-state index in [1.54, 1.807) is 12.1 Å². The molecule has 0 N–H and O–H groups in total. The van der Waals surface area contributed by atoms with E-state index >= 15 is 0 Å². The molecule has 0 aromatic heterocycles. The van der Waals surface area contributed by atoms with Crippen LogP contribution in [0, 0.1) is 35.0 Å². The summed E-state index contributed by atoms with van der Waals surface area (Å²) in [6.07, 6.45) is 6.15. The lowest BCUT2D eigenvalue weighted by molar-refractivity contribution is -0.189. The first kappa shape index (κ1) is 29.0. The average molecular weight is 553 g/mol. The van der Waals surface area contributed by atoms with Crippen LogP contribution in [0.15, 0.2) is 48.5 Å². The molecule has 8 heteroatoms. The Morgan fingerprint density at radius 2 is 1.38 bits per heavy atom. The lowest BCUT2D eigenvalue weighted by Gasteiger charge is -2.20. The molecule has 1 fully saturated rings. The van der Waals surface area contributed by atoms with Crippen molar-refractivity contribution in [3.8, 4) is 16.9 Å². The third-order valence-electron chi connectivity index (χ3n) is 7.56. The van der Waals surface area contributed by atoms with Gasteiger partial charge in [0, 0.05) is 12.1 Å². The van der Waals surface area contributed by atoms with E-state index in [9.17, 15) is 30.7 Å². The van der Waals surface area contributed by atoms with Crippen molar-refractivity contribution in [1.82, 2.24) is 0 Å². The molecule has 1 saturated carbocycles. The molecule has 0 bridgehead atoms. The molecule has 0 aliphatic heterocycles. The van der Waals surface area contributed by atoms with Crippen molar-refractivity contribution in [1.29, 1.82) is 0 Å². The van der Waals surface area contributed by atoms with E-state index in [0.717, 1.165) is 42.9 Å². The summed E-state index contributed by atoms with van der Waals surface area (Å²) in [4.78, 5) is 0. The largest absolute Gasteiger partial charge is 0.432 e. The number of alkyl halides is 2. The summed E-state index contributed by atoms with van der Waals surface area (Å²) in [5.41, 5.74) is -0.0860. The van der Waals surface area contributed by atoms with Gasteiger partial charge in [-0.3, -0.25) is 0 Å². The molecule has 0 amide bonds. The third-order valence-corrected chi connectivity index (χ3v) is 7.56. The molecule has 2 atom stereocenters. The van der Waals surface area contributed by atoms with Crippen LogP contribution in [0.2, 0.25) is 0 Å². The first-order chi connectivity index (χ1) is 18.6. The van der Waals surface area contributed by atoms with Crippen LogP contribution >= 0.6 is 0 Å². The second-order valence-electron chi connectivity index (χ2n) is 10.3. The van der Waals surface area contributed by atoms with Crippen molar-refractivity contribution < 1.29 is 35.5 Å². The SMILES string of the molecule is CCCCCC1CCCC(c2ccc(-c3cc(F)c(C(F)(F)Oc4cc(F)c(F)c(F)c4)c(F)c3)cc2)CC1. The fourth-order valence-corrected chi connectivity index (χ4v) is 5.44. The van der Waals surface area contributed by atoms with Crippen molar-refractivity contribution >= 4 is 0 Å². The molecule has 210 valence electrons. The number of hydrogen-bond acceptors (Lipinski definition) is 1. The molecular formula is C31H31F7O. The molecule has 0 spiro atoms. The summed E-state index contributed by atoms with van der Waals surface area (Å²) in [6.45, 7) is 2.20. The van der Waals surface area contributed by atoms with Gasteiger partial charge < -0.3 is 4.74 Å². The Bertz CT molecular complexity index is 1230. The molecule has 3 aromatic rings. The summed E-state index contributed by atoms with van der Waals surface area (Å²) in [7, 11) is 0. The van der Waals surface area contributed by atoms with E-state index in [2.05, 4.69) is 11.7 Å². The van der Waals surface area contributed by atoms with Crippen molar-refractivity contribution in [2.24, 2.45) is 5.92 Å². The number of halogens is 7. The smallest absolute Gasteiger partial charge is 0.429 e. The van der Waals surface area contributed by atoms with Gasteiger partial charge in [0.05, 0.1) is 0 Å². The van der Waals surface area contributed by atoms with Crippen LogP contribution in [0.1, 0.15) is 81.8 Å². The van der Waals surface area contributed by atoms with E-state index in [-0.39, 0.29) is 17.7 Å². The second kappa shape index (κ2) is 12.4. The number of benzene rings is 3. The van der Waals surface area contributed by atoms with Crippen LogP contribution in [-0.2, 0) is 6.11 Å². The van der Waals surface area contributed by atoms with Gasteiger partial charge >= 0.3 is 6.11 Å². The molecule has 1 aliphatic carbocycles. The van der Waals surface area contributed by atoms with Gasteiger partial charge in [-0.15, -0.1) is 0 Å². The van der Waals surface area contributed by atoms with Gasteiger partial charge in [-0.2, -0.15) is 8.78 Å². The number of hydrogen-bond donors (Lipinski definition) is 0. The molecule has 0 heterocycles. The van der Waals surface area contributed by atoms with Crippen molar-refractivity contribution in [3.05, 3.63) is 88.7 Å². The molecule has 3 aromatic carbocycles. The maximum atomic E-state index is 14.8. The second-order valence-corrected chi connectivity index (χ2v) is 10.3. The van der Waals surface area contributed by atoms with Crippen LogP contribution in [0.3, 0.4) is 0 Å². The van der Waals surface area contributed by atoms with E-state index in [0.29, 0.717) is 11.5 Å². The Labute approximate surface area is 224 Å². The quantitative estimate of drug-likeness (QED) is 0.111. The first-order valence-electron chi connectivity index (χ1n) is 13.4. The minimum Gasteiger partial charge on any atom is -0.429 e. The maximum Gasteiger partial charge on any atom is 0.432 e. The zero-order valence-electron chi connectivity index (χ0n) is 21.7. The Morgan fingerprint density at radius 3 is 2.00 bits per heavy atom. The molecule has 39 heavy (non-hydrogen) atoms. The molecule has 2 unspecified atom stereocenters. The predicted molar refractivity (Wildman–Crippen MR) is 136 cm³/mol. The molecule has 1 nitrogen and oxygen atoms in total. The van der Waals surface area contributed by atoms with E-state index in [1.807, 2.05) is 12.1 Å². The zero-order valence-corrected chi connectivity index (χ0v) is 21.7. The van der Waals surface area contributed by atoms with Gasteiger partial charge in [0.25, 0.3) is 0 Å². The van der Waals surface area contributed by atoms with Gasteiger partial charge in [-0.05, 0) is 59.9 Å². The monoisotopic (exact) mass is 552 g/mol. The highest BCUT2D eigenvalue weighted by Crippen LogP contribution is 2.39. The van der Waals surface area contributed by atoms with Crippen molar-refractivity contribution in [3.63, 3.8) is 0 Å². The van der Waals surface area contributed by atoms with Crippen molar-refractivity contribution in [2.45, 2.75) is 76.7 Å². The van der Waals surface area contributed by atoms with Crippen LogP contribution in [0.5, 0.6) is 5.75 Å². The van der Waals surface area contributed by atoms with E-state index in [1.165, 1.54) is 38.5 Å². The minimum atomic E-state index is -4.62. The Balaban J connectivity index is 1.48. The van der Waals surface area contributed by atoms with Gasteiger partial charge in [-0.1, -0.05) is 69.7 Å². The predicted octanol–water partition coefficient (Wildman–Crippen LogP) is 10.4. The summed E-state index contributed by atoms with van der Waals surface area (Å²) < 4.78 is 103. The number of ether oxygens (including phenoxy) is 1. The molecule has 0 radical (unpaired) electrons. The standard InChI is InChI=1S/C31H31F7O/c1-2-3-4-6-19-7-5-8-20(10-9-19)21-11-13-22(14-12-21)23-15-25(32)29(26(33)16-23)31(37,38)39-24-17-27(34)30(36)28(35)18-24/h11-20H,2-10H2,1H3. The summed E-state index contributed by atoms with van der Waals surface area (Å²) >= 11 is 0. The highest BCUT2D eigenvalue weighted by molar-refractivity contribution is 5.64. The van der Waals surface area contributed by atoms with Gasteiger partial charge in [0.15, 0.2) is 17.5 Å². The summed E-state index contributed by atoms with van der Waals surface area (Å²) in [5.74, 6) is -8.60. The molecular weight excluding hydrogens is 521 g/mol. The summed E-state index contributed by atoms with van der Waals surface area (Å²) in [5, 5.41) is 0. The van der Waals surface area contributed by atoms with Gasteiger partial charge in [-0.25, -0.2) is 22.0 Å². The maximum absolute atomic E-state index is 14.8. The minimum absolute atomic E-state index is 0.0480. The zero-order chi connectivity index (χ0) is 28.2. The molecule has 4 rings (SSSR count). The fraction of sp³-hybridized carbons (Fsp3) is 0.419. The topological polar surface area (TPSA) is 9.23 Å². The van der Waals surface area contributed by atoms with Crippen molar-refractivity contribution in [2.75, 3.05) is 0 Å². The van der Waals surface area contributed by atoms with E-state index < -0.39 is 46.5 Å².